The molecule has 192 valence electrons. The number of pyridine rings is 1. The Kier molecular flexibility index (Phi) is 8.02. The quantitative estimate of drug-likeness (QED) is 0.467. The molecule has 2 atom stereocenters. The van der Waals surface area contributed by atoms with E-state index in [2.05, 4.69) is 10.3 Å². The highest BCUT2D eigenvalue weighted by Crippen LogP contribution is 2.30. The SMILES string of the molecule is CCC1OC(=O)N(C(Cc2ccc(C)cc2)NC(=O)c2ccccn2)N=C1c1ccc(OC)c(OC)c1. The van der Waals surface area contributed by atoms with Crippen molar-refractivity contribution in [3.8, 4) is 11.5 Å². The Bertz CT molecular complexity index is 1280. The number of aromatic nitrogens is 1. The zero-order chi connectivity index (χ0) is 26.4. The third kappa shape index (κ3) is 5.88. The highest BCUT2D eigenvalue weighted by Gasteiger charge is 2.36. The van der Waals surface area contributed by atoms with Crippen LogP contribution in [-0.4, -0.2) is 54.2 Å². The number of nitrogens with one attached hydrogen (secondary N) is 1. The normalized spacial score (nSPS) is 15.9. The van der Waals surface area contributed by atoms with Gasteiger partial charge in [0.2, 0.25) is 0 Å². The maximum absolute atomic E-state index is 13.2. The number of ether oxygens (including phenoxy) is 3. The highest BCUT2D eigenvalue weighted by atomic mass is 16.6. The summed E-state index contributed by atoms with van der Waals surface area (Å²) in [5, 5.41) is 8.83. The van der Waals surface area contributed by atoms with E-state index >= 15 is 0 Å². The van der Waals surface area contributed by atoms with Crippen molar-refractivity contribution in [3.63, 3.8) is 0 Å². The van der Waals surface area contributed by atoms with Crippen molar-refractivity contribution in [3.05, 3.63) is 89.2 Å². The number of methoxy groups -OCH3 is 2. The first-order chi connectivity index (χ1) is 17.9. The van der Waals surface area contributed by atoms with E-state index in [1.807, 2.05) is 44.2 Å². The molecule has 9 heteroatoms. The van der Waals surface area contributed by atoms with Crippen LogP contribution in [0, 0.1) is 6.92 Å². The van der Waals surface area contributed by atoms with Gasteiger partial charge in [0, 0.05) is 18.2 Å². The maximum atomic E-state index is 13.2. The van der Waals surface area contributed by atoms with E-state index in [-0.39, 0.29) is 5.69 Å². The molecular weight excluding hydrogens is 472 g/mol. The number of hydrogen-bond donors (Lipinski definition) is 1. The molecule has 37 heavy (non-hydrogen) atoms. The smallest absolute Gasteiger partial charge is 0.433 e. The summed E-state index contributed by atoms with van der Waals surface area (Å²) in [6, 6.07) is 18.3. The van der Waals surface area contributed by atoms with Gasteiger partial charge >= 0.3 is 6.09 Å². The van der Waals surface area contributed by atoms with Gasteiger partial charge in [-0.1, -0.05) is 42.8 Å². The third-order valence-corrected chi connectivity index (χ3v) is 6.04. The molecule has 2 heterocycles. The summed E-state index contributed by atoms with van der Waals surface area (Å²) in [6.07, 6.45) is 0.349. The van der Waals surface area contributed by atoms with Crippen molar-refractivity contribution in [1.82, 2.24) is 15.3 Å². The Morgan fingerprint density at radius 1 is 1.08 bits per heavy atom. The summed E-state index contributed by atoms with van der Waals surface area (Å²) in [6.45, 7) is 3.91. The van der Waals surface area contributed by atoms with Crippen LogP contribution in [0.15, 0.2) is 72.0 Å². The van der Waals surface area contributed by atoms with Gasteiger partial charge < -0.3 is 19.5 Å². The lowest BCUT2D eigenvalue weighted by Crippen LogP contribution is -2.53. The lowest BCUT2D eigenvalue weighted by Gasteiger charge is -2.34. The average molecular weight is 503 g/mol. The van der Waals surface area contributed by atoms with Crippen molar-refractivity contribution in [1.29, 1.82) is 0 Å². The molecule has 0 aliphatic carbocycles. The van der Waals surface area contributed by atoms with Gasteiger partial charge in [-0.25, -0.2) is 4.79 Å². The van der Waals surface area contributed by atoms with Crippen molar-refractivity contribution in [2.45, 2.75) is 39.0 Å². The summed E-state index contributed by atoms with van der Waals surface area (Å²) < 4.78 is 16.6. The van der Waals surface area contributed by atoms with Gasteiger partial charge in [0.15, 0.2) is 11.5 Å². The number of carbonyl (C=O) groups excluding carboxylic acids is 2. The molecule has 1 N–H and O–H groups in total. The van der Waals surface area contributed by atoms with Gasteiger partial charge in [0.1, 0.15) is 23.7 Å². The zero-order valence-corrected chi connectivity index (χ0v) is 21.3. The molecule has 0 fully saturated rings. The number of nitrogens with zero attached hydrogens (tertiary/aromatic N) is 3. The predicted molar refractivity (Wildman–Crippen MR) is 139 cm³/mol. The fourth-order valence-corrected chi connectivity index (χ4v) is 4.03. The van der Waals surface area contributed by atoms with E-state index < -0.39 is 24.3 Å². The van der Waals surface area contributed by atoms with Crippen LogP contribution in [0.3, 0.4) is 0 Å². The molecular formula is C28H30N4O5. The Balaban J connectivity index is 1.73. The van der Waals surface area contributed by atoms with Crippen LogP contribution in [0.2, 0.25) is 0 Å². The number of hydrazone groups is 1. The zero-order valence-electron chi connectivity index (χ0n) is 21.3. The average Bonchev–Trinajstić information content (AvgIpc) is 2.93. The Hall–Kier alpha value is -4.40. The van der Waals surface area contributed by atoms with Crippen LogP contribution in [-0.2, 0) is 11.2 Å². The summed E-state index contributed by atoms with van der Waals surface area (Å²) >= 11 is 0. The molecule has 2 aromatic carbocycles. The minimum atomic E-state index is -0.822. The molecule has 0 radical (unpaired) electrons. The number of amides is 2. The highest BCUT2D eigenvalue weighted by molar-refractivity contribution is 6.06. The van der Waals surface area contributed by atoms with Crippen molar-refractivity contribution in [2.24, 2.45) is 5.10 Å². The molecule has 9 nitrogen and oxygen atoms in total. The molecule has 4 rings (SSSR count). The second-order valence-electron chi connectivity index (χ2n) is 8.57. The first kappa shape index (κ1) is 25.7. The Morgan fingerprint density at radius 3 is 2.49 bits per heavy atom. The standard InChI is InChI=1S/C28H30N4O5/c1-5-22-26(20-13-14-23(35-3)24(17-20)36-4)31-32(28(34)37-22)25(16-19-11-9-18(2)10-12-19)30-27(33)21-8-6-7-15-29-21/h6-15,17,22,25H,5,16H2,1-4H3,(H,30,33). The second kappa shape index (κ2) is 11.6. The van der Waals surface area contributed by atoms with Crippen LogP contribution < -0.4 is 14.8 Å². The molecule has 2 amide bonds. The Morgan fingerprint density at radius 2 is 1.84 bits per heavy atom. The monoisotopic (exact) mass is 502 g/mol. The van der Waals surface area contributed by atoms with Gasteiger partial charge in [0.25, 0.3) is 5.91 Å². The van der Waals surface area contributed by atoms with Crippen molar-refractivity contribution < 1.29 is 23.8 Å². The van der Waals surface area contributed by atoms with Crippen molar-refractivity contribution in [2.75, 3.05) is 14.2 Å². The second-order valence-corrected chi connectivity index (χ2v) is 8.57. The van der Waals surface area contributed by atoms with Gasteiger partial charge in [-0.15, -0.1) is 0 Å². The van der Waals surface area contributed by atoms with E-state index in [4.69, 9.17) is 19.3 Å². The van der Waals surface area contributed by atoms with Crippen molar-refractivity contribution >= 4 is 17.7 Å². The molecule has 3 aromatic rings. The van der Waals surface area contributed by atoms with Gasteiger partial charge in [0.05, 0.1) is 14.2 Å². The Labute approximate surface area is 216 Å². The van der Waals surface area contributed by atoms with Crippen LogP contribution in [0.25, 0.3) is 0 Å². The fourth-order valence-electron chi connectivity index (χ4n) is 4.03. The van der Waals surface area contributed by atoms with Gasteiger partial charge in [-0.05, 0) is 49.2 Å². The van der Waals surface area contributed by atoms with E-state index in [1.165, 1.54) is 11.2 Å². The van der Waals surface area contributed by atoms with Gasteiger partial charge in [-0.3, -0.25) is 9.78 Å². The molecule has 2 unspecified atom stereocenters. The lowest BCUT2D eigenvalue weighted by molar-refractivity contribution is 0.0496. The van der Waals surface area contributed by atoms with Crippen LogP contribution >= 0.6 is 0 Å². The summed E-state index contributed by atoms with van der Waals surface area (Å²) in [4.78, 5) is 30.3. The van der Waals surface area contributed by atoms with E-state index in [1.54, 1.807) is 44.6 Å². The van der Waals surface area contributed by atoms with E-state index in [0.717, 1.165) is 11.1 Å². The third-order valence-electron chi connectivity index (χ3n) is 6.04. The van der Waals surface area contributed by atoms with Crippen LogP contribution in [0.4, 0.5) is 4.79 Å². The van der Waals surface area contributed by atoms with Crippen LogP contribution in [0.1, 0.15) is 40.5 Å². The number of hydrogen-bond acceptors (Lipinski definition) is 7. The summed E-state index contributed by atoms with van der Waals surface area (Å²) in [5.74, 6) is 0.677. The molecule has 1 aliphatic heterocycles. The van der Waals surface area contributed by atoms with E-state index in [0.29, 0.717) is 35.6 Å². The first-order valence-electron chi connectivity index (χ1n) is 12.0. The number of aryl methyl sites for hydroxylation is 1. The number of benzene rings is 2. The van der Waals surface area contributed by atoms with E-state index in [9.17, 15) is 9.59 Å². The molecule has 0 spiro atoms. The first-order valence-corrected chi connectivity index (χ1v) is 12.0. The number of cyclic esters (lactones) is 1. The molecule has 0 saturated carbocycles. The molecule has 1 aromatic heterocycles. The molecule has 0 bridgehead atoms. The van der Waals surface area contributed by atoms with Crippen LogP contribution in [0.5, 0.6) is 11.5 Å². The number of carbonyl (C=O) groups is 2. The lowest BCUT2D eigenvalue weighted by atomic mass is 10.0. The topological polar surface area (TPSA) is 102 Å². The summed E-state index contributed by atoms with van der Waals surface area (Å²) in [7, 11) is 3.12. The summed E-state index contributed by atoms with van der Waals surface area (Å²) in [5.41, 5.74) is 3.52. The number of rotatable bonds is 9. The minimum absolute atomic E-state index is 0.234. The minimum Gasteiger partial charge on any atom is -0.493 e. The molecule has 1 aliphatic rings. The maximum Gasteiger partial charge on any atom is 0.433 e. The van der Waals surface area contributed by atoms with Gasteiger partial charge in [-0.2, -0.15) is 10.1 Å². The fraction of sp³-hybridized carbons (Fsp3) is 0.286. The molecule has 0 saturated heterocycles. The predicted octanol–water partition coefficient (Wildman–Crippen LogP) is 4.34. The largest absolute Gasteiger partial charge is 0.493 e.